The van der Waals surface area contributed by atoms with E-state index in [1.807, 2.05) is 13.1 Å². The zero-order valence-corrected chi connectivity index (χ0v) is 14.0. The van der Waals surface area contributed by atoms with Gasteiger partial charge in [-0.25, -0.2) is 4.98 Å². The minimum atomic E-state index is -0.155. The van der Waals surface area contributed by atoms with Gasteiger partial charge in [0.1, 0.15) is 5.69 Å². The molecule has 1 saturated heterocycles. The number of carbonyl (C=O) groups excluding carboxylic acids is 1. The van der Waals surface area contributed by atoms with Gasteiger partial charge in [0.15, 0.2) is 0 Å². The Bertz CT molecular complexity index is 656. The summed E-state index contributed by atoms with van der Waals surface area (Å²) in [6.07, 6.45) is 4.35. The molecule has 0 bridgehead atoms. The van der Waals surface area contributed by atoms with Crippen LogP contribution in [0.1, 0.15) is 22.5 Å². The summed E-state index contributed by atoms with van der Waals surface area (Å²) in [5, 5.41) is 2.93. The van der Waals surface area contributed by atoms with Crippen LogP contribution in [0.25, 0.3) is 0 Å². The Labute approximate surface area is 142 Å². The fourth-order valence-corrected chi connectivity index (χ4v) is 2.91. The molecule has 24 heavy (non-hydrogen) atoms. The molecule has 0 spiro atoms. The molecule has 1 atom stereocenters. The van der Waals surface area contributed by atoms with Crippen molar-refractivity contribution in [3.8, 4) is 0 Å². The predicted molar refractivity (Wildman–Crippen MR) is 91.6 cm³/mol. The van der Waals surface area contributed by atoms with Gasteiger partial charge in [-0.15, -0.1) is 0 Å². The Balaban J connectivity index is 1.52. The molecule has 0 saturated carbocycles. The number of rotatable bonds is 5. The van der Waals surface area contributed by atoms with Crippen LogP contribution in [0.4, 0.5) is 0 Å². The molecule has 1 amide bonds. The van der Waals surface area contributed by atoms with Crippen LogP contribution in [0.15, 0.2) is 42.9 Å². The SMILES string of the molecule is Cn1cnc(C(=O)NCC2CN(Cc3ccccc3)CCCO2)c1. The largest absolute Gasteiger partial charge is 0.375 e. The van der Waals surface area contributed by atoms with Crippen LogP contribution in [0, 0.1) is 0 Å². The first-order valence-corrected chi connectivity index (χ1v) is 8.35. The van der Waals surface area contributed by atoms with Gasteiger partial charge in [-0.3, -0.25) is 9.69 Å². The highest BCUT2D eigenvalue weighted by Crippen LogP contribution is 2.10. The molecular formula is C18H24N4O2. The van der Waals surface area contributed by atoms with Gasteiger partial charge in [0, 0.05) is 46.0 Å². The highest BCUT2D eigenvalue weighted by atomic mass is 16.5. The number of carbonyl (C=O) groups is 1. The molecule has 1 aliphatic rings. The van der Waals surface area contributed by atoms with Crippen molar-refractivity contribution in [3.63, 3.8) is 0 Å². The number of amides is 1. The molecule has 2 heterocycles. The number of nitrogens with one attached hydrogen (secondary N) is 1. The van der Waals surface area contributed by atoms with Gasteiger partial charge < -0.3 is 14.6 Å². The van der Waals surface area contributed by atoms with Crippen LogP contribution in [0.3, 0.4) is 0 Å². The fraction of sp³-hybridized carbons (Fsp3) is 0.444. The molecule has 1 aromatic heterocycles. The number of aromatic nitrogens is 2. The zero-order chi connectivity index (χ0) is 16.8. The standard InChI is InChI=1S/C18H24N4O2/c1-21-13-17(20-14-21)18(23)19-10-16-12-22(8-5-9-24-16)11-15-6-3-2-4-7-15/h2-4,6-7,13-14,16H,5,8-12H2,1H3,(H,19,23). The zero-order valence-electron chi connectivity index (χ0n) is 14.0. The van der Waals surface area contributed by atoms with E-state index in [0.717, 1.165) is 32.7 Å². The van der Waals surface area contributed by atoms with Crippen LogP contribution < -0.4 is 5.32 Å². The lowest BCUT2D eigenvalue weighted by atomic mass is 10.2. The Kier molecular flexibility index (Phi) is 5.61. The molecule has 1 aromatic carbocycles. The number of benzene rings is 1. The van der Waals surface area contributed by atoms with Gasteiger partial charge in [-0.1, -0.05) is 30.3 Å². The first-order chi connectivity index (χ1) is 11.7. The second-order valence-corrected chi connectivity index (χ2v) is 6.20. The summed E-state index contributed by atoms with van der Waals surface area (Å²) in [6, 6.07) is 10.4. The number of ether oxygens (including phenoxy) is 1. The van der Waals surface area contributed by atoms with E-state index in [1.54, 1.807) is 17.1 Å². The molecule has 1 fully saturated rings. The minimum absolute atomic E-state index is 0.00359. The van der Waals surface area contributed by atoms with Crippen molar-refractivity contribution >= 4 is 5.91 Å². The second kappa shape index (κ2) is 8.08. The van der Waals surface area contributed by atoms with Crippen molar-refractivity contribution in [1.29, 1.82) is 0 Å². The highest BCUT2D eigenvalue weighted by Gasteiger charge is 2.20. The molecule has 6 heteroatoms. The van der Waals surface area contributed by atoms with E-state index in [1.165, 1.54) is 5.56 Å². The van der Waals surface area contributed by atoms with Gasteiger partial charge in [0.2, 0.25) is 0 Å². The predicted octanol–water partition coefficient (Wildman–Crippen LogP) is 1.44. The van der Waals surface area contributed by atoms with E-state index in [4.69, 9.17) is 4.74 Å². The average molecular weight is 328 g/mol. The average Bonchev–Trinajstić information content (AvgIpc) is 2.90. The van der Waals surface area contributed by atoms with E-state index in [0.29, 0.717) is 12.2 Å². The second-order valence-electron chi connectivity index (χ2n) is 6.20. The maximum absolute atomic E-state index is 12.1. The van der Waals surface area contributed by atoms with Crippen LogP contribution in [0.5, 0.6) is 0 Å². The number of nitrogens with zero attached hydrogens (tertiary/aromatic N) is 3. The van der Waals surface area contributed by atoms with Crippen molar-refractivity contribution in [2.75, 3.05) is 26.2 Å². The third-order valence-electron chi connectivity index (χ3n) is 4.11. The topological polar surface area (TPSA) is 59.4 Å². The Morgan fingerprint density at radius 1 is 1.38 bits per heavy atom. The smallest absolute Gasteiger partial charge is 0.271 e. The fourth-order valence-electron chi connectivity index (χ4n) is 2.91. The summed E-state index contributed by atoms with van der Waals surface area (Å²) in [7, 11) is 1.85. The van der Waals surface area contributed by atoms with Crippen molar-refractivity contribution in [3.05, 3.63) is 54.1 Å². The van der Waals surface area contributed by atoms with E-state index in [-0.39, 0.29) is 12.0 Å². The van der Waals surface area contributed by atoms with Gasteiger partial charge in [0.25, 0.3) is 5.91 Å². The van der Waals surface area contributed by atoms with Crippen LogP contribution in [-0.4, -0.2) is 52.7 Å². The molecule has 2 aromatic rings. The van der Waals surface area contributed by atoms with Crippen LogP contribution in [-0.2, 0) is 18.3 Å². The van der Waals surface area contributed by atoms with Gasteiger partial charge in [-0.05, 0) is 12.0 Å². The molecule has 6 nitrogen and oxygen atoms in total. The van der Waals surface area contributed by atoms with Crippen molar-refractivity contribution in [2.24, 2.45) is 7.05 Å². The maximum Gasteiger partial charge on any atom is 0.271 e. The number of aryl methyl sites for hydroxylation is 1. The lowest BCUT2D eigenvalue weighted by molar-refractivity contribution is 0.0510. The lowest BCUT2D eigenvalue weighted by Crippen LogP contribution is -2.40. The first-order valence-electron chi connectivity index (χ1n) is 8.35. The summed E-state index contributed by atoms with van der Waals surface area (Å²) in [5.41, 5.74) is 1.74. The van der Waals surface area contributed by atoms with Crippen molar-refractivity contribution < 1.29 is 9.53 Å². The summed E-state index contributed by atoms with van der Waals surface area (Å²) >= 11 is 0. The monoisotopic (exact) mass is 328 g/mol. The summed E-state index contributed by atoms with van der Waals surface area (Å²) in [4.78, 5) is 18.6. The maximum atomic E-state index is 12.1. The molecule has 128 valence electrons. The quantitative estimate of drug-likeness (QED) is 0.902. The highest BCUT2D eigenvalue weighted by molar-refractivity contribution is 5.92. The van der Waals surface area contributed by atoms with Gasteiger partial charge in [-0.2, -0.15) is 0 Å². The summed E-state index contributed by atoms with van der Waals surface area (Å²) < 4.78 is 7.64. The van der Waals surface area contributed by atoms with Gasteiger partial charge in [0.05, 0.1) is 12.4 Å². The third-order valence-corrected chi connectivity index (χ3v) is 4.11. The van der Waals surface area contributed by atoms with E-state index >= 15 is 0 Å². The molecule has 1 unspecified atom stereocenters. The summed E-state index contributed by atoms with van der Waals surface area (Å²) in [5.74, 6) is -0.155. The molecule has 1 aliphatic heterocycles. The van der Waals surface area contributed by atoms with Crippen molar-refractivity contribution in [1.82, 2.24) is 19.8 Å². The molecule has 0 radical (unpaired) electrons. The number of hydrogen-bond acceptors (Lipinski definition) is 4. The Hall–Kier alpha value is -2.18. The van der Waals surface area contributed by atoms with E-state index < -0.39 is 0 Å². The van der Waals surface area contributed by atoms with E-state index in [2.05, 4.69) is 39.5 Å². The third kappa shape index (κ3) is 4.66. The first kappa shape index (κ1) is 16.7. The molecule has 1 N–H and O–H groups in total. The van der Waals surface area contributed by atoms with Crippen LogP contribution >= 0.6 is 0 Å². The Morgan fingerprint density at radius 2 is 2.21 bits per heavy atom. The number of imidazole rings is 1. The molecule has 0 aliphatic carbocycles. The van der Waals surface area contributed by atoms with Crippen LogP contribution in [0.2, 0.25) is 0 Å². The molecule has 3 rings (SSSR count). The molecular weight excluding hydrogens is 304 g/mol. The number of hydrogen-bond donors (Lipinski definition) is 1. The normalized spacial score (nSPS) is 19.0. The Morgan fingerprint density at radius 3 is 2.96 bits per heavy atom. The van der Waals surface area contributed by atoms with Crippen molar-refractivity contribution in [2.45, 2.75) is 19.1 Å². The van der Waals surface area contributed by atoms with Gasteiger partial charge >= 0.3 is 0 Å². The minimum Gasteiger partial charge on any atom is -0.375 e. The summed E-state index contributed by atoms with van der Waals surface area (Å²) in [6.45, 7) is 3.97. The van der Waals surface area contributed by atoms with E-state index in [9.17, 15) is 4.79 Å². The lowest BCUT2D eigenvalue weighted by Gasteiger charge is -2.24.